The van der Waals surface area contributed by atoms with Crippen molar-refractivity contribution in [1.82, 2.24) is 4.90 Å². The molecule has 17 heavy (non-hydrogen) atoms. The lowest BCUT2D eigenvalue weighted by molar-refractivity contribution is -0.140. The van der Waals surface area contributed by atoms with Crippen molar-refractivity contribution in [2.75, 3.05) is 20.2 Å². The molecule has 2 aliphatic rings. The van der Waals surface area contributed by atoms with Crippen LogP contribution in [-0.2, 0) is 9.53 Å². The summed E-state index contributed by atoms with van der Waals surface area (Å²) in [7, 11) is 1.73. The van der Waals surface area contributed by atoms with E-state index in [2.05, 4.69) is 0 Å². The highest BCUT2D eigenvalue weighted by Crippen LogP contribution is 2.26. The number of hydrogen-bond acceptors (Lipinski definition) is 3. The highest BCUT2D eigenvalue weighted by atomic mass is 16.5. The van der Waals surface area contributed by atoms with E-state index in [1.165, 1.54) is 0 Å². The highest BCUT2D eigenvalue weighted by molar-refractivity contribution is 5.79. The van der Waals surface area contributed by atoms with Crippen LogP contribution in [0.1, 0.15) is 38.5 Å². The SMILES string of the molecule is COC1CCCN(C(=O)C2CCCC(N)C2)C1. The Morgan fingerprint density at radius 3 is 2.82 bits per heavy atom. The van der Waals surface area contributed by atoms with Crippen LogP contribution >= 0.6 is 0 Å². The van der Waals surface area contributed by atoms with Crippen LogP contribution in [0.3, 0.4) is 0 Å². The van der Waals surface area contributed by atoms with Crippen LogP contribution in [0.4, 0.5) is 0 Å². The van der Waals surface area contributed by atoms with Gasteiger partial charge in [-0.1, -0.05) is 6.42 Å². The monoisotopic (exact) mass is 240 g/mol. The van der Waals surface area contributed by atoms with Gasteiger partial charge in [-0.25, -0.2) is 0 Å². The van der Waals surface area contributed by atoms with E-state index in [9.17, 15) is 4.79 Å². The van der Waals surface area contributed by atoms with Gasteiger partial charge in [0.15, 0.2) is 0 Å². The maximum Gasteiger partial charge on any atom is 0.225 e. The number of amides is 1. The lowest BCUT2D eigenvalue weighted by Crippen LogP contribution is -2.47. The summed E-state index contributed by atoms with van der Waals surface area (Å²) in [5.41, 5.74) is 5.95. The average Bonchev–Trinajstić information content (AvgIpc) is 2.38. The van der Waals surface area contributed by atoms with E-state index >= 15 is 0 Å². The van der Waals surface area contributed by atoms with E-state index in [0.29, 0.717) is 5.91 Å². The number of nitrogens with zero attached hydrogens (tertiary/aromatic N) is 1. The Balaban J connectivity index is 1.89. The molecule has 98 valence electrons. The number of methoxy groups -OCH3 is 1. The molecule has 0 aromatic rings. The minimum absolute atomic E-state index is 0.161. The van der Waals surface area contributed by atoms with Gasteiger partial charge in [-0.05, 0) is 32.1 Å². The standard InChI is InChI=1S/C13H24N2O2/c1-17-12-6-3-7-15(9-12)13(16)10-4-2-5-11(14)8-10/h10-12H,2-9,14H2,1H3. The Hall–Kier alpha value is -0.610. The van der Waals surface area contributed by atoms with Crippen molar-refractivity contribution < 1.29 is 9.53 Å². The van der Waals surface area contributed by atoms with Gasteiger partial charge in [0, 0.05) is 32.2 Å². The van der Waals surface area contributed by atoms with Crippen LogP contribution in [-0.4, -0.2) is 43.2 Å². The molecule has 0 aromatic carbocycles. The van der Waals surface area contributed by atoms with Crippen LogP contribution in [0.5, 0.6) is 0 Å². The molecular weight excluding hydrogens is 216 g/mol. The summed E-state index contributed by atoms with van der Waals surface area (Å²) in [5.74, 6) is 0.469. The molecule has 3 unspecified atom stereocenters. The predicted molar refractivity (Wildman–Crippen MR) is 66.5 cm³/mol. The molecule has 2 rings (SSSR count). The van der Waals surface area contributed by atoms with Crippen LogP contribution in [0.25, 0.3) is 0 Å². The molecule has 0 spiro atoms. The quantitative estimate of drug-likeness (QED) is 0.787. The summed E-state index contributed by atoms with van der Waals surface area (Å²) in [6.07, 6.45) is 6.41. The first-order chi connectivity index (χ1) is 8.20. The molecule has 0 aromatic heterocycles. The van der Waals surface area contributed by atoms with Gasteiger partial charge in [0.1, 0.15) is 0 Å². The average molecular weight is 240 g/mol. The number of piperidine rings is 1. The number of ether oxygens (including phenoxy) is 1. The minimum atomic E-state index is 0.161. The maximum atomic E-state index is 12.4. The summed E-state index contributed by atoms with van der Waals surface area (Å²) in [5, 5.41) is 0. The van der Waals surface area contributed by atoms with Gasteiger partial charge < -0.3 is 15.4 Å². The zero-order valence-corrected chi connectivity index (χ0v) is 10.7. The summed E-state index contributed by atoms with van der Waals surface area (Å²) in [6, 6.07) is 0.223. The van der Waals surface area contributed by atoms with Crippen LogP contribution < -0.4 is 5.73 Å². The largest absolute Gasteiger partial charge is 0.380 e. The Bertz CT molecular complexity index is 270. The Kier molecular flexibility index (Phi) is 4.40. The molecule has 1 aliphatic carbocycles. The fourth-order valence-corrected chi connectivity index (χ4v) is 3.04. The molecule has 2 N–H and O–H groups in total. The topological polar surface area (TPSA) is 55.6 Å². The van der Waals surface area contributed by atoms with E-state index in [4.69, 9.17) is 10.5 Å². The zero-order valence-electron chi connectivity index (χ0n) is 10.7. The third kappa shape index (κ3) is 3.19. The van der Waals surface area contributed by atoms with Crippen molar-refractivity contribution in [2.24, 2.45) is 11.7 Å². The smallest absolute Gasteiger partial charge is 0.225 e. The Labute approximate surface area is 103 Å². The molecule has 4 nitrogen and oxygen atoms in total. The third-order valence-electron chi connectivity index (χ3n) is 4.09. The van der Waals surface area contributed by atoms with E-state index in [-0.39, 0.29) is 18.1 Å². The molecular formula is C13H24N2O2. The second kappa shape index (κ2) is 5.83. The van der Waals surface area contributed by atoms with Gasteiger partial charge >= 0.3 is 0 Å². The normalized spacial score (nSPS) is 34.7. The predicted octanol–water partition coefficient (Wildman–Crippen LogP) is 1.14. The van der Waals surface area contributed by atoms with Crippen molar-refractivity contribution in [3.8, 4) is 0 Å². The Morgan fingerprint density at radius 2 is 2.12 bits per heavy atom. The summed E-state index contributed by atoms with van der Waals surface area (Å²) >= 11 is 0. The van der Waals surface area contributed by atoms with Crippen LogP contribution in [0.15, 0.2) is 0 Å². The molecule has 0 radical (unpaired) electrons. The molecule has 1 saturated heterocycles. The summed E-state index contributed by atoms with van der Waals surface area (Å²) in [6.45, 7) is 1.66. The first-order valence-electron chi connectivity index (χ1n) is 6.78. The van der Waals surface area contributed by atoms with Crippen LogP contribution in [0, 0.1) is 5.92 Å². The van der Waals surface area contributed by atoms with Gasteiger partial charge in [-0.3, -0.25) is 4.79 Å². The molecule has 1 heterocycles. The van der Waals surface area contributed by atoms with Crippen molar-refractivity contribution in [3.63, 3.8) is 0 Å². The summed E-state index contributed by atoms with van der Waals surface area (Å²) < 4.78 is 5.36. The second-order valence-electron chi connectivity index (χ2n) is 5.41. The van der Waals surface area contributed by atoms with E-state index < -0.39 is 0 Å². The minimum Gasteiger partial charge on any atom is -0.380 e. The van der Waals surface area contributed by atoms with E-state index in [1.807, 2.05) is 4.90 Å². The molecule has 2 fully saturated rings. The summed E-state index contributed by atoms with van der Waals surface area (Å²) in [4.78, 5) is 14.4. The van der Waals surface area contributed by atoms with Crippen molar-refractivity contribution in [1.29, 1.82) is 0 Å². The first kappa shape index (κ1) is 12.8. The fraction of sp³-hybridized carbons (Fsp3) is 0.923. The number of hydrogen-bond donors (Lipinski definition) is 1. The van der Waals surface area contributed by atoms with Crippen LogP contribution in [0.2, 0.25) is 0 Å². The van der Waals surface area contributed by atoms with Gasteiger partial charge in [0.2, 0.25) is 5.91 Å². The number of likely N-dealkylation sites (tertiary alicyclic amines) is 1. The highest BCUT2D eigenvalue weighted by Gasteiger charge is 2.31. The maximum absolute atomic E-state index is 12.4. The van der Waals surface area contributed by atoms with E-state index in [1.54, 1.807) is 7.11 Å². The third-order valence-corrected chi connectivity index (χ3v) is 4.09. The number of carbonyl (C=O) groups excluding carboxylic acids is 1. The van der Waals surface area contributed by atoms with E-state index in [0.717, 1.165) is 51.6 Å². The molecule has 0 bridgehead atoms. The second-order valence-corrected chi connectivity index (χ2v) is 5.41. The van der Waals surface area contributed by atoms with Gasteiger partial charge in [0.25, 0.3) is 0 Å². The van der Waals surface area contributed by atoms with Crippen molar-refractivity contribution in [2.45, 2.75) is 50.7 Å². The lowest BCUT2D eigenvalue weighted by Gasteiger charge is -2.36. The Morgan fingerprint density at radius 1 is 1.29 bits per heavy atom. The molecule has 3 atom stereocenters. The van der Waals surface area contributed by atoms with Gasteiger partial charge in [0.05, 0.1) is 6.10 Å². The lowest BCUT2D eigenvalue weighted by atomic mass is 9.85. The first-order valence-corrected chi connectivity index (χ1v) is 6.78. The number of rotatable bonds is 2. The number of carbonyl (C=O) groups is 1. The molecule has 1 saturated carbocycles. The van der Waals surface area contributed by atoms with Gasteiger partial charge in [-0.2, -0.15) is 0 Å². The molecule has 1 aliphatic heterocycles. The van der Waals surface area contributed by atoms with Crippen molar-refractivity contribution >= 4 is 5.91 Å². The van der Waals surface area contributed by atoms with Crippen molar-refractivity contribution in [3.05, 3.63) is 0 Å². The molecule has 4 heteroatoms. The fourth-order valence-electron chi connectivity index (χ4n) is 3.04. The zero-order chi connectivity index (χ0) is 12.3. The van der Waals surface area contributed by atoms with Gasteiger partial charge in [-0.15, -0.1) is 0 Å². The number of nitrogens with two attached hydrogens (primary N) is 1. The molecule has 1 amide bonds.